The summed E-state index contributed by atoms with van der Waals surface area (Å²) in [6, 6.07) is 45.9. The third-order valence-electron chi connectivity index (χ3n) is 9.16. The molecule has 0 amide bonds. The van der Waals surface area contributed by atoms with E-state index < -0.39 is 0 Å². The molecule has 0 saturated heterocycles. The molecule has 8 rings (SSSR count). The molecular formula is C43H34N2O2. The predicted molar refractivity (Wildman–Crippen MR) is 189 cm³/mol. The van der Waals surface area contributed by atoms with E-state index in [1.165, 1.54) is 5.56 Å². The maximum Gasteiger partial charge on any atom is 0.160 e. The smallest absolute Gasteiger partial charge is 0.160 e. The zero-order valence-electron chi connectivity index (χ0n) is 26.5. The lowest BCUT2D eigenvalue weighted by Gasteiger charge is -2.35. The van der Waals surface area contributed by atoms with Crippen molar-refractivity contribution in [3.8, 4) is 56.5 Å². The van der Waals surface area contributed by atoms with Gasteiger partial charge >= 0.3 is 0 Å². The number of benzene rings is 5. The van der Waals surface area contributed by atoms with E-state index in [1.807, 2.05) is 48.5 Å². The molecule has 4 heteroatoms. The average Bonchev–Trinajstić information content (AvgIpc) is 3.22. The van der Waals surface area contributed by atoms with Crippen LogP contribution in [0.1, 0.15) is 25.0 Å². The Labute approximate surface area is 275 Å². The molecule has 0 spiro atoms. The normalized spacial score (nSPS) is 14.8. The molecule has 0 fully saturated rings. The monoisotopic (exact) mass is 610 g/mol. The molecule has 6 aromatic rings. The fourth-order valence-corrected chi connectivity index (χ4v) is 6.54. The van der Waals surface area contributed by atoms with Crippen molar-refractivity contribution in [2.24, 2.45) is 0 Å². The maximum absolute atomic E-state index is 6.53. The summed E-state index contributed by atoms with van der Waals surface area (Å²) in [6.45, 7) is 4.93. The van der Waals surface area contributed by atoms with Crippen molar-refractivity contribution in [1.82, 2.24) is 9.97 Å². The van der Waals surface area contributed by atoms with Crippen molar-refractivity contribution in [2.45, 2.75) is 25.7 Å². The lowest BCUT2D eigenvalue weighted by Crippen LogP contribution is -2.29. The molecule has 228 valence electrons. The van der Waals surface area contributed by atoms with Crippen molar-refractivity contribution in [3.05, 3.63) is 168 Å². The van der Waals surface area contributed by atoms with Crippen molar-refractivity contribution in [2.75, 3.05) is 6.61 Å². The third kappa shape index (κ3) is 5.53. The van der Waals surface area contributed by atoms with Gasteiger partial charge in [-0.2, -0.15) is 0 Å². The van der Waals surface area contributed by atoms with E-state index in [2.05, 4.69) is 111 Å². The Hall–Kier alpha value is -5.74. The van der Waals surface area contributed by atoms with Crippen LogP contribution >= 0.6 is 0 Å². The number of nitrogens with zero attached hydrogens (tertiary/aromatic N) is 2. The second kappa shape index (κ2) is 11.9. The van der Waals surface area contributed by atoms with Gasteiger partial charge in [-0.1, -0.05) is 135 Å². The first kappa shape index (κ1) is 28.7. The quantitative estimate of drug-likeness (QED) is 0.199. The Morgan fingerprint density at radius 1 is 0.574 bits per heavy atom. The number of allylic oxidation sites excluding steroid dienone is 3. The number of ether oxygens (including phenoxy) is 2. The van der Waals surface area contributed by atoms with Crippen molar-refractivity contribution < 1.29 is 9.47 Å². The maximum atomic E-state index is 6.53. The first-order chi connectivity index (χ1) is 23.0. The van der Waals surface area contributed by atoms with Crippen LogP contribution in [0.2, 0.25) is 0 Å². The van der Waals surface area contributed by atoms with Gasteiger partial charge in [-0.3, -0.25) is 0 Å². The van der Waals surface area contributed by atoms with Gasteiger partial charge in [-0.05, 0) is 47.4 Å². The topological polar surface area (TPSA) is 44.2 Å². The predicted octanol–water partition coefficient (Wildman–Crippen LogP) is 10.3. The van der Waals surface area contributed by atoms with Gasteiger partial charge in [0.05, 0.1) is 11.4 Å². The second-order valence-corrected chi connectivity index (χ2v) is 12.5. The summed E-state index contributed by atoms with van der Waals surface area (Å²) >= 11 is 0. The molecule has 2 aliphatic rings. The molecule has 47 heavy (non-hydrogen) atoms. The molecule has 0 radical (unpaired) electrons. The minimum absolute atomic E-state index is 0.269. The molecule has 4 nitrogen and oxygen atoms in total. The van der Waals surface area contributed by atoms with Crippen molar-refractivity contribution >= 4 is 0 Å². The molecule has 0 bridgehead atoms. The molecule has 0 atom stereocenters. The lowest BCUT2D eigenvalue weighted by atomic mass is 9.74. The molecule has 0 unspecified atom stereocenters. The summed E-state index contributed by atoms with van der Waals surface area (Å²) in [5.74, 6) is 3.34. The summed E-state index contributed by atoms with van der Waals surface area (Å²) in [6.07, 6.45) is 5.26. The number of rotatable bonds is 4. The molecule has 5 aromatic carbocycles. The summed E-state index contributed by atoms with van der Waals surface area (Å²) in [5.41, 5.74) is 10.4. The molecule has 0 saturated carbocycles. The number of fused-ring (bicyclic) bond motifs is 2. The lowest BCUT2D eigenvalue weighted by molar-refractivity contribution is 0.261. The number of hydrogen-bond acceptors (Lipinski definition) is 4. The van der Waals surface area contributed by atoms with E-state index in [9.17, 15) is 0 Å². The van der Waals surface area contributed by atoms with Crippen molar-refractivity contribution in [3.63, 3.8) is 0 Å². The zero-order valence-corrected chi connectivity index (χ0v) is 26.5. The number of hydrogen-bond donors (Lipinski definition) is 0. The van der Waals surface area contributed by atoms with Crippen LogP contribution in [-0.2, 0) is 11.8 Å². The summed E-state index contributed by atoms with van der Waals surface area (Å²) in [7, 11) is 0. The molecular weight excluding hydrogens is 576 g/mol. The highest BCUT2D eigenvalue weighted by molar-refractivity contribution is 5.74. The van der Waals surface area contributed by atoms with Crippen LogP contribution in [0.5, 0.6) is 11.5 Å². The van der Waals surface area contributed by atoms with Crippen LogP contribution in [-0.4, -0.2) is 16.6 Å². The van der Waals surface area contributed by atoms with Crippen LogP contribution in [0.4, 0.5) is 0 Å². The fourth-order valence-electron chi connectivity index (χ4n) is 6.54. The van der Waals surface area contributed by atoms with E-state index in [4.69, 9.17) is 19.4 Å². The summed E-state index contributed by atoms with van der Waals surface area (Å²) < 4.78 is 12.8. The van der Waals surface area contributed by atoms with Gasteiger partial charge in [0, 0.05) is 33.2 Å². The third-order valence-corrected chi connectivity index (χ3v) is 9.16. The Morgan fingerprint density at radius 2 is 1.19 bits per heavy atom. The van der Waals surface area contributed by atoms with Gasteiger partial charge in [0.1, 0.15) is 23.9 Å². The number of aromatic nitrogens is 2. The van der Waals surface area contributed by atoms with Gasteiger partial charge in [0.15, 0.2) is 5.82 Å². The van der Waals surface area contributed by atoms with Crippen LogP contribution in [0.3, 0.4) is 0 Å². The van der Waals surface area contributed by atoms with Gasteiger partial charge in [-0.15, -0.1) is 0 Å². The first-order valence-electron chi connectivity index (χ1n) is 16.1. The van der Waals surface area contributed by atoms with Crippen LogP contribution < -0.4 is 9.47 Å². The SMILES string of the molecule is CC1(C)C2=C(COc3ccccc3CC=C2)Oc2ccc(-c3ccc(-c4nc(-c5ccccc5)cc(-c5ccccc5)n4)cc3)cc21. The largest absolute Gasteiger partial charge is 0.485 e. The van der Waals surface area contributed by atoms with Crippen LogP contribution in [0, 0.1) is 0 Å². The first-order valence-corrected chi connectivity index (χ1v) is 16.1. The second-order valence-electron chi connectivity index (χ2n) is 12.5. The molecule has 3 heterocycles. The van der Waals surface area contributed by atoms with Crippen LogP contribution in [0.15, 0.2) is 157 Å². The Balaban J connectivity index is 1.12. The molecule has 0 N–H and O–H groups in total. The Morgan fingerprint density at radius 3 is 1.89 bits per heavy atom. The van der Waals surface area contributed by atoms with E-state index in [0.29, 0.717) is 12.4 Å². The highest BCUT2D eigenvalue weighted by Crippen LogP contribution is 2.46. The highest BCUT2D eigenvalue weighted by atomic mass is 16.5. The van der Waals surface area contributed by atoms with Gasteiger partial charge in [0.25, 0.3) is 0 Å². The highest BCUT2D eigenvalue weighted by Gasteiger charge is 2.36. The molecule has 2 aliphatic heterocycles. The molecule has 1 aromatic heterocycles. The van der Waals surface area contributed by atoms with Gasteiger partial charge in [-0.25, -0.2) is 9.97 Å². The van der Waals surface area contributed by atoms with E-state index in [0.717, 1.165) is 74.0 Å². The van der Waals surface area contributed by atoms with Gasteiger partial charge in [0.2, 0.25) is 0 Å². The molecule has 0 aliphatic carbocycles. The Bertz CT molecular complexity index is 2090. The summed E-state index contributed by atoms with van der Waals surface area (Å²) in [5, 5.41) is 0. The van der Waals surface area contributed by atoms with E-state index in [1.54, 1.807) is 0 Å². The van der Waals surface area contributed by atoms with Crippen molar-refractivity contribution in [1.29, 1.82) is 0 Å². The fraction of sp³-hybridized carbons (Fsp3) is 0.116. The minimum atomic E-state index is -0.269. The zero-order chi connectivity index (χ0) is 31.8. The average molecular weight is 611 g/mol. The minimum Gasteiger partial charge on any atom is -0.485 e. The Kier molecular flexibility index (Phi) is 7.26. The van der Waals surface area contributed by atoms with Crippen LogP contribution in [0.25, 0.3) is 45.0 Å². The van der Waals surface area contributed by atoms with E-state index in [-0.39, 0.29) is 5.41 Å². The standard InChI is InChI=1S/C43H34N2O2/c1-43(2)35-18-11-17-32-16-9-10-19-39(32)46-28-41(35)47-40-25-24-34(26-36(40)43)29-20-22-33(23-21-29)42-44-37(30-12-5-3-6-13-30)27-38(45-42)31-14-7-4-8-15-31/h3-16,18-27H,17,28H2,1-2H3. The van der Waals surface area contributed by atoms with E-state index >= 15 is 0 Å². The van der Waals surface area contributed by atoms with Gasteiger partial charge < -0.3 is 9.47 Å². The number of para-hydroxylation sites is 1. The summed E-state index contributed by atoms with van der Waals surface area (Å²) in [4.78, 5) is 10.0.